The summed E-state index contributed by atoms with van der Waals surface area (Å²) in [6.07, 6.45) is -0.101. The van der Waals surface area contributed by atoms with Crippen LogP contribution in [0.5, 0.6) is 0 Å². The molecule has 1 aromatic carbocycles. The zero-order valence-electron chi connectivity index (χ0n) is 10.8. The largest absolute Gasteiger partial charge is 0.370 e. The van der Waals surface area contributed by atoms with Crippen LogP contribution in [-0.2, 0) is 16.0 Å². The van der Waals surface area contributed by atoms with Crippen LogP contribution in [0, 0.1) is 11.6 Å². The van der Waals surface area contributed by atoms with Gasteiger partial charge in [-0.05, 0) is 31.5 Å². The van der Waals surface area contributed by atoms with Gasteiger partial charge >= 0.3 is 0 Å². The Kier molecular flexibility index (Phi) is 4.58. The first-order valence-corrected chi connectivity index (χ1v) is 5.73. The minimum absolute atomic E-state index is 0.00345. The van der Waals surface area contributed by atoms with Gasteiger partial charge in [-0.15, -0.1) is 0 Å². The van der Waals surface area contributed by atoms with Gasteiger partial charge in [0.2, 0.25) is 11.8 Å². The van der Waals surface area contributed by atoms with Crippen LogP contribution in [0.2, 0.25) is 0 Å². The van der Waals surface area contributed by atoms with Gasteiger partial charge in [-0.2, -0.15) is 0 Å². The molecule has 19 heavy (non-hydrogen) atoms. The molecule has 0 aliphatic heterocycles. The molecule has 2 amide bonds. The lowest BCUT2D eigenvalue weighted by molar-refractivity contribution is -0.123. The SMILES string of the molecule is CC(C)(CC(N)=O)NC(=O)Cc1ccc(F)c(F)c1. The second-order valence-electron chi connectivity index (χ2n) is 5.00. The van der Waals surface area contributed by atoms with E-state index in [0.717, 1.165) is 12.1 Å². The highest BCUT2D eigenvalue weighted by Gasteiger charge is 2.22. The van der Waals surface area contributed by atoms with Crippen molar-refractivity contribution in [1.82, 2.24) is 5.32 Å². The Balaban J connectivity index is 2.64. The number of benzene rings is 1. The summed E-state index contributed by atoms with van der Waals surface area (Å²) >= 11 is 0. The highest BCUT2D eigenvalue weighted by Crippen LogP contribution is 2.11. The van der Waals surface area contributed by atoms with Crippen LogP contribution in [0.25, 0.3) is 0 Å². The first-order chi connectivity index (χ1) is 8.69. The molecular formula is C13H16F2N2O2. The molecule has 0 spiro atoms. The van der Waals surface area contributed by atoms with E-state index in [4.69, 9.17) is 5.73 Å². The molecule has 0 bridgehead atoms. The van der Waals surface area contributed by atoms with Gasteiger partial charge < -0.3 is 11.1 Å². The van der Waals surface area contributed by atoms with Gasteiger partial charge in [0.25, 0.3) is 0 Å². The van der Waals surface area contributed by atoms with Crippen LogP contribution in [0.1, 0.15) is 25.8 Å². The fraction of sp³-hybridized carbons (Fsp3) is 0.385. The van der Waals surface area contributed by atoms with E-state index in [-0.39, 0.29) is 12.8 Å². The van der Waals surface area contributed by atoms with Crippen LogP contribution in [-0.4, -0.2) is 17.4 Å². The maximum atomic E-state index is 13.0. The van der Waals surface area contributed by atoms with Gasteiger partial charge in [-0.3, -0.25) is 9.59 Å². The summed E-state index contributed by atoms with van der Waals surface area (Å²) in [6, 6.07) is 3.27. The van der Waals surface area contributed by atoms with Crippen molar-refractivity contribution in [2.24, 2.45) is 5.73 Å². The lowest BCUT2D eigenvalue weighted by Gasteiger charge is -2.24. The lowest BCUT2D eigenvalue weighted by atomic mass is 9.99. The fourth-order valence-corrected chi connectivity index (χ4v) is 1.74. The smallest absolute Gasteiger partial charge is 0.224 e. The molecular weight excluding hydrogens is 254 g/mol. The number of nitrogens with two attached hydrogens (primary N) is 1. The molecule has 1 aromatic rings. The van der Waals surface area contributed by atoms with Crippen molar-refractivity contribution in [3.63, 3.8) is 0 Å². The van der Waals surface area contributed by atoms with E-state index in [2.05, 4.69) is 5.32 Å². The molecule has 0 fully saturated rings. The first kappa shape index (κ1) is 15.1. The van der Waals surface area contributed by atoms with E-state index in [0.29, 0.717) is 5.56 Å². The third-order valence-corrected chi connectivity index (χ3v) is 2.44. The Bertz CT molecular complexity index is 501. The normalized spacial score (nSPS) is 11.2. The molecule has 6 heteroatoms. The molecule has 0 heterocycles. The number of hydrogen-bond acceptors (Lipinski definition) is 2. The standard InChI is InChI=1S/C13H16F2N2O2/c1-13(2,7-11(16)18)17-12(19)6-8-3-4-9(14)10(15)5-8/h3-5H,6-7H2,1-2H3,(H2,16,18)(H,17,19). The zero-order valence-corrected chi connectivity index (χ0v) is 10.8. The van der Waals surface area contributed by atoms with Gasteiger partial charge in [0, 0.05) is 12.0 Å². The molecule has 0 aliphatic rings. The molecule has 3 N–H and O–H groups in total. The topological polar surface area (TPSA) is 72.2 Å². The minimum atomic E-state index is -0.998. The average Bonchev–Trinajstić information content (AvgIpc) is 2.20. The van der Waals surface area contributed by atoms with Crippen molar-refractivity contribution in [1.29, 1.82) is 0 Å². The summed E-state index contributed by atoms with van der Waals surface area (Å²) in [7, 11) is 0. The fourth-order valence-electron chi connectivity index (χ4n) is 1.74. The van der Waals surface area contributed by atoms with Crippen LogP contribution in [0.3, 0.4) is 0 Å². The molecule has 104 valence electrons. The number of carbonyl (C=O) groups is 2. The number of hydrogen-bond donors (Lipinski definition) is 2. The van der Waals surface area contributed by atoms with Gasteiger partial charge in [0.05, 0.1) is 6.42 Å². The summed E-state index contributed by atoms with van der Waals surface area (Å²) in [6.45, 7) is 3.31. The molecule has 0 saturated heterocycles. The second kappa shape index (κ2) is 5.77. The predicted molar refractivity (Wildman–Crippen MR) is 66.1 cm³/mol. The molecule has 0 unspecified atom stereocenters. The Hall–Kier alpha value is -1.98. The molecule has 1 rings (SSSR count). The van der Waals surface area contributed by atoms with E-state index in [1.165, 1.54) is 6.07 Å². The highest BCUT2D eigenvalue weighted by molar-refractivity contribution is 5.81. The maximum Gasteiger partial charge on any atom is 0.224 e. The van der Waals surface area contributed by atoms with Crippen molar-refractivity contribution >= 4 is 11.8 Å². The quantitative estimate of drug-likeness (QED) is 0.846. The molecule has 0 radical (unpaired) electrons. The van der Waals surface area contributed by atoms with E-state index in [1.54, 1.807) is 13.8 Å². The number of amides is 2. The van der Waals surface area contributed by atoms with Gasteiger partial charge in [0.15, 0.2) is 11.6 Å². The summed E-state index contributed by atoms with van der Waals surface area (Å²) in [5.74, 6) is -2.88. The Morgan fingerprint density at radius 1 is 1.26 bits per heavy atom. The monoisotopic (exact) mass is 270 g/mol. The van der Waals surface area contributed by atoms with Gasteiger partial charge in [-0.1, -0.05) is 6.07 Å². The van der Waals surface area contributed by atoms with Crippen LogP contribution in [0.4, 0.5) is 8.78 Å². The number of carbonyl (C=O) groups excluding carboxylic acids is 2. The van der Waals surface area contributed by atoms with Crippen LogP contribution >= 0.6 is 0 Å². The summed E-state index contributed by atoms with van der Waals surface area (Å²) in [5.41, 5.74) is 4.64. The van der Waals surface area contributed by atoms with Crippen molar-refractivity contribution < 1.29 is 18.4 Å². The Labute approximate surface area is 110 Å². The number of halogens is 2. The molecule has 0 aliphatic carbocycles. The number of rotatable bonds is 5. The number of nitrogens with one attached hydrogen (secondary N) is 1. The van der Waals surface area contributed by atoms with Gasteiger partial charge in [-0.25, -0.2) is 8.78 Å². The minimum Gasteiger partial charge on any atom is -0.370 e. The first-order valence-electron chi connectivity index (χ1n) is 5.73. The van der Waals surface area contributed by atoms with Crippen molar-refractivity contribution in [2.45, 2.75) is 32.2 Å². The van der Waals surface area contributed by atoms with E-state index >= 15 is 0 Å². The third kappa shape index (κ3) is 5.03. The van der Waals surface area contributed by atoms with Crippen molar-refractivity contribution in [3.05, 3.63) is 35.4 Å². The summed E-state index contributed by atoms with van der Waals surface area (Å²) < 4.78 is 25.7. The second-order valence-corrected chi connectivity index (χ2v) is 5.00. The molecule has 0 saturated carbocycles. The van der Waals surface area contributed by atoms with Crippen molar-refractivity contribution in [2.75, 3.05) is 0 Å². The zero-order chi connectivity index (χ0) is 14.6. The number of primary amides is 1. The molecule has 4 nitrogen and oxygen atoms in total. The van der Waals surface area contributed by atoms with E-state index < -0.39 is 29.0 Å². The summed E-state index contributed by atoms with van der Waals surface area (Å²) in [4.78, 5) is 22.5. The predicted octanol–water partition coefficient (Wildman–Crippen LogP) is 1.28. The molecule has 0 aromatic heterocycles. The van der Waals surface area contributed by atoms with E-state index in [9.17, 15) is 18.4 Å². The maximum absolute atomic E-state index is 13.0. The summed E-state index contributed by atoms with van der Waals surface area (Å²) in [5, 5.41) is 2.61. The Morgan fingerprint density at radius 2 is 1.89 bits per heavy atom. The van der Waals surface area contributed by atoms with Gasteiger partial charge in [0.1, 0.15) is 0 Å². The van der Waals surface area contributed by atoms with E-state index in [1.807, 2.05) is 0 Å². The average molecular weight is 270 g/mol. The Morgan fingerprint density at radius 3 is 2.42 bits per heavy atom. The van der Waals surface area contributed by atoms with Crippen LogP contribution < -0.4 is 11.1 Å². The third-order valence-electron chi connectivity index (χ3n) is 2.44. The lowest BCUT2D eigenvalue weighted by Crippen LogP contribution is -2.46. The molecule has 0 atom stereocenters. The highest BCUT2D eigenvalue weighted by atomic mass is 19.2. The van der Waals surface area contributed by atoms with Crippen molar-refractivity contribution in [3.8, 4) is 0 Å². The van der Waals surface area contributed by atoms with Crippen LogP contribution in [0.15, 0.2) is 18.2 Å².